The Balaban J connectivity index is 1.31. The number of hydrogen-bond acceptors (Lipinski definition) is 6. The molecule has 0 spiro atoms. The molecule has 0 saturated carbocycles. The fraction of sp³-hybridized carbons (Fsp3) is 0.310. The van der Waals surface area contributed by atoms with E-state index in [0.717, 1.165) is 27.7 Å². The zero-order valence-electron chi connectivity index (χ0n) is 22.0. The number of nitrogens with one attached hydrogen (secondary N) is 1. The fourth-order valence-corrected chi connectivity index (χ4v) is 4.36. The number of ether oxygens (including phenoxy) is 2. The van der Waals surface area contributed by atoms with Crippen LogP contribution in [0.15, 0.2) is 61.1 Å². The zero-order chi connectivity index (χ0) is 26.9. The number of benzene rings is 2. The largest absolute Gasteiger partial charge is 0.456 e. The van der Waals surface area contributed by atoms with Crippen molar-refractivity contribution in [3.63, 3.8) is 0 Å². The van der Waals surface area contributed by atoms with Crippen LogP contribution in [0.3, 0.4) is 0 Å². The number of aryl methyl sites for hydroxylation is 1. The number of aromatic nitrogens is 3. The van der Waals surface area contributed by atoms with Crippen molar-refractivity contribution < 1.29 is 19.1 Å². The predicted molar refractivity (Wildman–Crippen MR) is 146 cm³/mol. The van der Waals surface area contributed by atoms with Crippen LogP contribution in [0.4, 0.5) is 11.4 Å². The summed E-state index contributed by atoms with van der Waals surface area (Å²) in [5, 5.41) is 8.05. The molecule has 1 fully saturated rings. The Morgan fingerprint density at radius 1 is 1.13 bits per heavy atom. The van der Waals surface area contributed by atoms with Gasteiger partial charge in [-0.1, -0.05) is 12.1 Å². The van der Waals surface area contributed by atoms with E-state index in [0.29, 0.717) is 30.3 Å². The minimum Gasteiger partial charge on any atom is -0.456 e. The van der Waals surface area contributed by atoms with Gasteiger partial charge in [-0.3, -0.25) is 19.3 Å². The predicted octanol–water partition coefficient (Wildman–Crippen LogP) is 4.83. The molecular weight excluding hydrogens is 482 g/mol. The summed E-state index contributed by atoms with van der Waals surface area (Å²) in [6.45, 7) is 9.20. The van der Waals surface area contributed by atoms with Crippen LogP contribution in [-0.4, -0.2) is 46.3 Å². The quantitative estimate of drug-likeness (QED) is 0.397. The Morgan fingerprint density at radius 3 is 2.71 bits per heavy atom. The van der Waals surface area contributed by atoms with Gasteiger partial charge in [0.1, 0.15) is 18.1 Å². The molecule has 1 aliphatic rings. The normalized spacial score (nSPS) is 14.1. The van der Waals surface area contributed by atoms with E-state index >= 15 is 0 Å². The average Bonchev–Trinajstić information content (AvgIpc) is 3.35. The number of nitrogens with zero attached hydrogens (tertiary/aromatic N) is 4. The van der Waals surface area contributed by atoms with E-state index in [1.54, 1.807) is 17.3 Å². The van der Waals surface area contributed by atoms with Gasteiger partial charge in [-0.05, 0) is 69.2 Å². The second kappa shape index (κ2) is 10.3. The van der Waals surface area contributed by atoms with Gasteiger partial charge in [0.15, 0.2) is 0 Å². The lowest BCUT2D eigenvalue weighted by Gasteiger charge is -2.27. The van der Waals surface area contributed by atoms with Crippen molar-refractivity contribution in [1.29, 1.82) is 0 Å². The molecule has 1 aliphatic heterocycles. The maximum Gasteiger partial charge on any atom is 0.253 e. The smallest absolute Gasteiger partial charge is 0.253 e. The first kappa shape index (κ1) is 25.4. The van der Waals surface area contributed by atoms with Crippen molar-refractivity contribution in [2.75, 3.05) is 30.0 Å². The molecule has 2 aromatic heterocycles. The lowest BCUT2D eigenvalue weighted by Crippen LogP contribution is -2.41. The molecule has 0 aliphatic carbocycles. The number of carbonyl (C=O) groups excluding carboxylic acids is 2. The molecule has 0 atom stereocenters. The Morgan fingerprint density at radius 2 is 1.97 bits per heavy atom. The Hall–Kier alpha value is -4.24. The van der Waals surface area contributed by atoms with Crippen LogP contribution in [0.25, 0.3) is 10.9 Å². The van der Waals surface area contributed by atoms with Crippen molar-refractivity contribution in [3.8, 4) is 11.5 Å². The molecule has 38 heavy (non-hydrogen) atoms. The topological polar surface area (TPSA) is 98.6 Å². The third kappa shape index (κ3) is 5.52. The number of anilines is 2. The van der Waals surface area contributed by atoms with Gasteiger partial charge in [-0.25, -0.2) is 0 Å². The number of morpholine rings is 1. The van der Waals surface area contributed by atoms with E-state index in [9.17, 15) is 9.59 Å². The van der Waals surface area contributed by atoms with Crippen molar-refractivity contribution in [2.24, 2.45) is 0 Å². The van der Waals surface area contributed by atoms with E-state index in [1.807, 2.05) is 60.3 Å². The van der Waals surface area contributed by atoms with Crippen LogP contribution < -0.4 is 15.0 Å². The lowest BCUT2D eigenvalue weighted by atomic mass is 10.1. The average molecular weight is 514 g/mol. The summed E-state index contributed by atoms with van der Waals surface area (Å²) < 4.78 is 13.4. The van der Waals surface area contributed by atoms with E-state index < -0.39 is 0 Å². The highest BCUT2D eigenvalue weighted by Crippen LogP contribution is 2.33. The molecule has 1 N–H and O–H groups in total. The van der Waals surface area contributed by atoms with Gasteiger partial charge in [0.2, 0.25) is 5.91 Å². The summed E-state index contributed by atoms with van der Waals surface area (Å²) in [5.74, 6) is 1.14. The van der Waals surface area contributed by atoms with Crippen molar-refractivity contribution >= 4 is 34.1 Å². The summed E-state index contributed by atoms with van der Waals surface area (Å²) in [5.41, 5.74) is 3.85. The third-order valence-corrected chi connectivity index (χ3v) is 6.36. The van der Waals surface area contributed by atoms with Gasteiger partial charge >= 0.3 is 0 Å². The molecule has 0 unspecified atom stereocenters. The molecule has 5 rings (SSSR count). The molecule has 9 nitrogen and oxygen atoms in total. The molecule has 2 aromatic carbocycles. The first-order valence-corrected chi connectivity index (χ1v) is 12.6. The summed E-state index contributed by atoms with van der Waals surface area (Å²) >= 11 is 0. The number of rotatable bonds is 6. The lowest BCUT2D eigenvalue weighted by molar-refractivity contribution is -0.125. The zero-order valence-corrected chi connectivity index (χ0v) is 22.0. The van der Waals surface area contributed by atoms with Crippen molar-refractivity contribution in [3.05, 3.63) is 72.2 Å². The molecule has 0 bridgehead atoms. The van der Waals surface area contributed by atoms with Crippen LogP contribution >= 0.6 is 0 Å². The van der Waals surface area contributed by atoms with Gasteiger partial charge in [-0.2, -0.15) is 5.10 Å². The van der Waals surface area contributed by atoms with E-state index in [4.69, 9.17) is 9.47 Å². The number of amides is 2. The monoisotopic (exact) mass is 513 g/mol. The summed E-state index contributed by atoms with van der Waals surface area (Å²) in [6.07, 6.45) is 5.42. The fourth-order valence-electron chi connectivity index (χ4n) is 4.36. The Labute approximate surface area is 221 Å². The van der Waals surface area contributed by atoms with Gasteiger partial charge < -0.3 is 19.7 Å². The van der Waals surface area contributed by atoms with Crippen LogP contribution in [-0.2, 0) is 26.3 Å². The first-order chi connectivity index (χ1) is 18.2. The van der Waals surface area contributed by atoms with Crippen LogP contribution in [0.2, 0.25) is 0 Å². The van der Waals surface area contributed by atoms with E-state index in [-0.39, 0.29) is 30.4 Å². The minimum atomic E-state index is -0.155. The number of carbonyl (C=O) groups is 2. The third-order valence-electron chi connectivity index (χ3n) is 6.36. The van der Waals surface area contributed by atoms with Crippen molar-refractivity contribution in [1.82, 2.24) is 14.8 Å². The first-order valence-electron chi connectivity index (χ1n) is 12.6. The van der Waals surface area contributed by atoms with E-state index in [2.05, 4.69) is 36.2 Å². The highest BCUT2D eigenvalue weighted by molar-refractivity contribution is 5.98. The molecule has 4 aromatic rings. The second-order valence-electron chi connectivity index (χ2n) is 10.4. The Kier molecular flexibility index (Phi) is 6.86. The van der Waals surface area contributed by atoms with Crippen LogP contribution in [0, 0.1) is 6.92 Å². The van der Waals surface area contributed by atoms with Gasteiger partial charge in [-0.15, -0.1) is 0 Å². The summed E-state index contributed by atoms with van der Waals surface area (Å²) in [6, 6.07) is 13.2. The van der Waals surface area contributed by atoms with Crippen LogP contribution in [0.5, 0.6) is 11.5 Å². The van der Waals surface area contributed by atoms with Gasteiger partial charge in [0, 0.05) is 30.0 Å². The van der Waals surface area contributed by atoms with Crippen LogP contribution in [0.1, 0.15) is 31.9 Å². The number of pyridine rings is 1. The molecular formula is C29H31N5O4. The molecule has 1 saturated heterocycles. The van der Waals surface area contributed by atoms with Crippen molar-refractivity contribution in [2.45, 2.75) is 39.7 Å². The molecule has 2 amide bonds. The summed E-state index contributed by atoms with van der Waals surface area (Å²) in [4.78, 5) is 31.1. The highest BCUT2D eigenvalue weighted by atomic mass is 16.5. The maximum atomic E-state index is 12.6. The standard InChI is InChI=1S/C29H31N5O4/c1-19-13-20(14-27(35)32-21-16-31-34(17-21)29(2,3)4)5-8-25(19)38-26-9-10-30-24-7-6-22(15-23(24)26)33-11-12-37-18-28(33)36/h5-10,13,15-17H,11-12,14,18H2,1-4H3,(H,32,35). The number of hydrogen-bond donors (Lipinski definition) is 1. The molecule has 0 radical (unpaired) electrons. The second-order valence-corrected chi connectivity index (χ2v) is 10.4. The Bertz CT molecular complexity index is 1500. The molecule has 9 heteroatoms. The van der Waals surface area contributed by atoms with E-state index in [1.165, 1.54) is 0 Å². The number of fused-ring (bicyclic) bond motifs is 1. The summed E-state index contributed by atoms with van der Waals surface area (Å²) in [7, 11) is 0. The minimum absolute atomic E-state index is 0.0690. The molecule has 3 heterocycles. The highest BCUT2D eigenvalue weighted by Gasteiger charge is 2.21. The SMILES string of the molecule is Cc1cc(CC(=O)Nc2cnn(C(C)(C)C)c2)ccc1Oc1ccnc2ccc(N3CCOCC3=O)cc12. The van der Waals surface area contributed by atoms with Gasteiger partial charge in [0.05, 0.1) is 36.0 Å². The maximum absolute atomic E-state index is 12.6. The molecule has 196 valence electrons. The van der Waals surface area contributed by atoms with Gasteiger partial charge in [0.25, 0.3) is 5.91 Å².